The van der Waals surface area contributed by atoms with Crippen molar-refractivity contribution in [1.82, 2.24) is 4.90 Å². The van der Waals surface area contributed by atoms with Crippen LogP contribution in [0.2, 0.25) is 0 Å². The monoisotopic (exact) mass is 381 g/mol. The smallest absolute Gasteiger partial charge is 0.222 e. The van der Waals surface area contributed by atoms with Gasteiger partial charge in [0.2, 0.25) is 5.91 Å². The molecule has 1 amide bonds. The molecule has 2 aromatic rings. The third-order valence-corrected chi connectivity index (χ3v) is 5.31. The molecule has 0 spiro atoms. The van der Waals surface area contributed by atoms with E-state index in [0.717, 1.165) is 36.4 Å². The summed E-state index contributed by atoms with van der Waals surface area (Å²) in [6.45, 7) is 1.24. The summed E-state index contributed by atoms with van der Waals surface area (Å²) in [5, 5.41) is 0. The van der Waals surface area contributed by atoms with Crippen LogP contribution in [0.5, 0.6) is 11.5 Å². The van der Waals surface area contributed by atoms with Crippen molar-refractivity contribution in [3.05, 3.63) is 59.7 Å². The van der Waals surface area contributed by atoms with Crippen LogP contribution in [-0.2, 0) is 11.2 Å². The minimum Gasteiger partial charge on any atom is -0.497 e. The molecule has 5 heteroatoms. The van der Waals surface area contributed by atoms with Crippen LogP contribution in [-0.4, -0.2) is 43.9 Å². The van der Waals surface area contributed by atoms with Crippen molar-refractivity contribution < 1.29 is 19.1 Å². The number of nitrogens with zero attached hydrogens (tertiary/aromatic N) is 1. The molecule has 28 heavy (non-hydrogen) atoms. The first kappa shape index (κ1) is 19.9. The first-order valence-corrected chi connectivity index (χ1v) is 9.69. The zero-order valence-electron chi connectivity index (χ0n) is 16.5. The second-order valence-corrected chi connectivity index (χ2v) is 7.12. The van der Waals surface area contributed by atoms with Crippen molar-refractivity contribution >= 4 is 11.7 Å². The van der Waals surface area contributed by atoms with Gasteiger partial charge in [-0.3, -0.25) is 9.59 Å². The number of aryl methyl sites for hydroxylation is 1. The van der Waals surface area contributed by atoms with Crippen LogP contribution in [0.4, 0.5) is 0 Å². The molecular formula is C23H27NO4. The Morgan fingerprint density at radius 1 is 0.964 bits per heavy atom. The molecule has 1 fully saturated rings. The van der Waals surface area contributed by atoms with Crippen LogP contribution in [0, 0.1) is 5.92 Å². The lowest BCUT2D eigenvalue weighted by molar-refractivity contribution is -0.132. The van der Waals surface area contributed by atoms with E-state index in [1.165, 1.54) is 0 Å². The van der Waals surface area contributed by atoms with E-state index in [1.54, 1.807) is 38.5 Å². The minimum absolute atomic E-state index is 0.107. The molecule has 148 valence electrons. The zero-order valence-corrected chi connectivity index (χ0v) is 16.5. The third kappa shape index (κ3) is 4.91. The second kappa shape index (κ2) is 9.40. The lowest BCUT2D eigenvalue weighted by Gasteiger charge is -2.32. The van der Waals surface area contributed by atoms with Gasteiger partial charge in [0.1, 0.15) is 11.5 Å². The van der Waals surface area contributed by atoms with Crippen molar-refractivity contribution in [3.8, 4) is 11.5 Å². The van der Waals surface area contributed by atoms with Crippen molar-refractivity contribution in [2.45, 2.75) is 25.7 Å². The molecule has 1 heterocycles. The summed E-state index contributed by atoms with van der Waals surface area (Å²) in [6, 6.07) is 15.0. The molecule has 0 N–H and O–H groups in total. The number of carbonyl (C=O) groups is 2. The van der Waals surface area contributed by atoms with Crippen LogP contribution < -0.4 is 9.47 Å². The van der Waals surface area contributed by atoms with E-state index in [0.29, 0.717) is 24.9 Å². The standard InChI is InChI=1S/C23H27NO4/c1-27-20-10-5-17(6-11-20)7-14-22(25)24-15-3-4-19(16-24)23(26)18-8-12-21(28-2)13-9-18/h5-6,8-13,19H,3-4,7,14-16H2,1-2H3. The predicted octanol–water partition coefficient (Wildman–Crippen LogP) is 3.76. The highest BCUT2D eigenvalue weighted by Gasteiger charge is 2.28. The average Bonchev–Trinajstić information content (AvgIpc) is 2.77. The maximum absolute atomic E-state index is 12.8. The Hall–Kier alpha value is -2.82. The maximum atomic E-state index is 12.8. The molecule has 0 aromatic heterocycles. The SMILES string of the molecule is COc1ccc(CCC(=O)N2CCCC(C(=O)c3ccc(OC)cc3)C2)cc1. The van der Waals surface area contributed by atoms with Crippen molar-refractivity contribution in [2.24, 2.45) is 5.92 Å². The number of ketones is 1. The highest BCUT2D eigenvalue weighted by molar-refractivity contribution is 5.98. The van der Waals surface area contributed by atoms with Gasteiger partial charge in [0, 0.05) is 31.0 Å². The van der Waals surface area contributed by atoms with Gasteiger partial charge in [0.15, 0.2) is 5.78 Å². The fraction of sp³-hybridized carbons (Fsp3) is 0.391. The first-order valence-electron chi connectivity index (χ1n) is 9.69. The van der Waals surface area contributed by atoms with Gasteiger partial charge in [-0.15, -0.1) is 0 Å². The van der Waals surface area contributed by atoms with Crippen LogP contribution in [0.1, 0.15) is 35.2 Å². The second-order valence-electron chi connectivity index (χ2n) is 7.12. The van der Waals surface area contributed by atoms with Crippen molar-refractivity contribution in [3.63, 3.8) is 0 Å². The zero-order chi connectivity index (χ0) is 19.9. The van der Waals surface area contributed by atoms with Crippen LogP contribution in [0.3, 0.4) is 0 Å². The number of likely N-dealkylation sites (tertiary alicyclic amines) is 1. The Kier molecular flexibility index (Phi) is 6.69. The molecule has 1 saturated heterocycles. The number of ether oxygens (including phenoxy) is 2. The van der Waals surface area contributed by atoms with Crippen molar-refractivity contribution in [1.29, 1.82) is 0 Å². The lowest BCUT2D eigenvalue weighted by Crippen LogP contribution is -2.42. The van der Waals surface area contributed by atoms with Crippen LogP contribution in [0.25, 0.3) is 0 Å². The number of hydrogen-bond acceptors (Lipinski definition) is 4. The molecule has 1 aliphatic heterocycles. The largest absolute Gasteiger partial charge is 0.497 e. The van der Waals surface area contributed by atoms with Gasteiger partial charge in [-0.05, 0) is 61.2 Å². The molecule has 5 nitrogen and oxygen atoms in total. The third-order valence-electron chi connectivity index (χ3n) is 5.31. The topological polar surface area (TPSA) is 55.8 Å². The van der Waals surface area contributed by atoms with E-state index < -0.39 is 0 Å². The van der Waals surface area contributed by atoms with E-state index in [4.69, 9.17) is 9.47 Å². The van der Waals surface area contributed by atoms with E-state index in [1.807, 2.05) is 29.2 Å². The normalized spacial score (nSPS) is 16.5. The number of Topliss-reactive ketones (excluding diaryl/α,β-unsaturated/α-hetero) is 1. The van der Waals surface area contributed by atoms with Gasteiger partial charge in [0.25, 0.3) is 0 Å². The first-order chi connectivity index (χ1) is 13.6. The van der Waals surface area contributed by atoms with Gasteiger partial charge in [-0.1, -0.05) is 12.1 Å². The highest BCUT2D eigenvalue weighted by atomic mass is 16.5. The summed E-state index contributed by atoms with van der Waals surface area (Å²) < 4.78 is 10.3. The van der Waals surface area contributed by atoms with E-state index >= 15 is 0 Å². The van der Waals surface area contributed by atoms with Gasteiger partial charge < -0.3 is 14.4 Å². The summed E-state index contributed by atoms with van der Waals surface area (Å²) in [5.41, 5.74) is 1.79. The summed E-state index contributed by atoms with van der Waals surface area (Å²) in [7, 11) is 3.24. The lowest BCUT2D eigenvalue weighted by atomic mass is 9.89. The number of rotatable bonds is 7. The van der Waals surface area contributed by atoms with Gasteiger partial charge in [-0.25, -0.2) is 0 Å². The molecule has 0 bridgehead atoms. The Bertz CT molecular complexity index is 798. The average molecular weight is 381 g/mol. The Morgan fingerprint density at radius 2 is 1.57 bits per heavy atom. The Labute approximate surface area is 166 Å². The van der Waals surface area contributed by atoms with Gasteiger partial charge in [0.05, 0.1) is 14.2 Å². The molecular weight excluding hydrogens is 354 g/mol. The molecule has 1 unspecified atom stereocenters. The van der Waals surface area contributed by atoms with E-state index in [-0.39, 0.29) is 17.6 Å². The van der Waals surface area contributed by atoms with Gasteiger partial charge >= 0.3 is 0 Å². The molecule has 1 aliphatic rings. The van der Waals surface area contributed by atoms with Crippen LogP contribution >= 0.6 is 0 Å². The quantitative estimate of drug-likeness (QED) is 0.686. The maximum Gasteiger partial charge on any atom is 0.222 e. The molecule has 0 aliphatic carbocycles. The minimum atomic E-state index is -0.132. The Morgan fingerprint density at radius 3 is 2.18 bits per heavy atom. The summed E-state index contributed by atoms with van der Waals surface area (Å²) in [4.78, 5) is 27.3. The highest BCUT2D eigenvalue weighted by Crippen LogP contribution is 2.23. The number of carbonyl (C=O) groups excluding carboxylic acids is 2. The molecule has 0 saturated carbocycles. The Balaban J connectivity index is 1.55. The van der Waals surface area contributed by atoms with E-state index in [9.17, 15) is 9.59 Å². The summed E-state index contributed by atoms with van der Waals surface area (Å²) >= 11 is 0. The number of benzene rings is 2. The van der Waals surface area contributed by atoms with Gasteiger partial charge in [-0.2, -0.15) is 0 Å². The van der Waals surface area contributed by atoms with E-state index in [2.05, 4.69) is 0 Å². The van der Waals surface area contributed by atoms with Crippen LogP contribution in [0.15, 0.2) is 48.5 Å². The van der Waals surface area contributed by atoms with Crippen molar-refractivity contribution in [2.75, 3.05) is 27.3 Å². The number of hydrogen-bond donors (Lipinski definition) is 0. The fourth-order valence-electron chi connectivity index (χ4n) is 3.61. The molecule has 3 rings (SSSR count). The molecule has 0 radical (unpaired) electrons. The number of amides is 1. The fourth-order valence-corrected chi connectivity index (χ4v) is 3.61. The molecule has 2 aromatic carbocycles. The predicted molar refractivity (Wildman–Crippen MR) is 108 cm³/mol. The summed E-state index contributed by atoms with van der Waals surface area (Å²) in [6.07, 6.45) is 2.83. The molecule has 1 atom stereocenters. The summed E-state index contributed by atoms with van der Waals surface area (Å²) in [5.74, 6) is 1.63. The number of methoxy groups -OCH3 is 2. The number of piperidine rings is 1.